The largest absolute Gasteiger partial charge is 0.481 e. The number of aliphatic carboxylic acids is 1. The van der Waals surface area contributed by atoms with Gasteiger partial charge < -0.3 is 10.4 Å². The zero-order chi connectivity index (χ0) is 18.3. The highest BCUT2D eigenvalue weighted by molar-refractivity contribution is 5.81. The summed E-state index contributed by atoms with van der Waals surface area (Å²) in [5.41, 5.74) is 1.20. The molecule has 0 saturated heterocycles. The van der Waals surface area contributed by atoms with Crippen LogP contribution in [-0.4, -0.2) is 23.5 Å². The van der Waals surface area contributed by atoms with E-state index in [9.17, 15) is 14.7 Å². The minimum atomic E-state index is -0.986. The molecule has 2 aromatic carbocycles. The minimum Gasteiger partial charge on any atom is -0.481 e. The van der Waals surface area contributed by atoms with E-state index in [4.69, 9.17) is 0 Å². The van der Waals surface area contributed by atoms with E-state index < -0.39 is 11.4 Å². The molecule has 4 heteroatoms. The SMILES string of the molecule is CC(C)(CNC(=O)C(Cc1ccccc1)Cc1ccccc1)C(=O)O. The van der Waals surface area contributed by atoms with Crippen molar-refractivity contribution in [1.29, 1.82) is 0 Å². The van der Waals surface area contributed by atoms with Crippen molar-refractivity contribution in [3.05, 3.63) is 71.8 Å². The van der Waals surface area contributed by atoms with Gasteiger partial charge in [-0.3, -0.25) is 9.59 Å². The molecule has 0 spiro atoms. The number of carboxylic acids is 1. The number of carbonyl (C=O) groups is 2. The average Bonchev–Trinajstić information content (AvgIpc) is 2.61. The summed E-state index contributed by atoms with van der Waals surface area (Å²) in [5, 5.41) is 12.0. The first kappa shape index (κ1) is 18.7. The summed E-state index contributed by atoms with van der Waals surface area (Å²) in [5.74, 6) is -1.27. The van der Waals surface area contributed by atoms with E-state index in [2.05, 4.69) is 5.32 Å². The van der Waals surface area contributed by atoms with Crippen molar-refractivity contribution < 1.29 is 14.7 Å². The van der Waals surface area contributed by atoms with Crippen LogP contribution in [0.1, 0.15) is 25.0 Å². The van der Waals surface area contributed by atoms with Crippen LogP contribution in [0, 0.1) is 11.3 Å². The standard InChI is InChI=1S/C21H25NO3/c1-21(2,20(24)25)15-22-19(23)18(13-16-9-5-3-6-10-16)14-17-11-7-4-8-12-17/h3-12,18H,13-15H2,1-2H3,(H,22,23)(H,24,25). The van der Waals surface area contributed by atoms with Crippen LogP contribution in [0.3, 0.4) is 0 Å². The van der Waals surface area contributed by atoms with Crippen LogP contribution in [-0.2, 0) is 22.4 Å². The fraction of sp³-hybridized carbons (Fsp3) is 0.333. The Morgan fingerprint density at radius 3 is 1.76 bits per heavy atom. The Kier molecular flexibility index (Phi) is 6.34. The van der Waals surface area contributed by atoms with E-state index in [-0.39, 0.29) is 18.4 Å². The first-order chi connectivity index (χ1) is 11.9. The first-order valence-corrected chi connectivity index (χ1v) is 8.47. The van der Waals surface area contributed by atoms with Crippen molar-refractivity contribution >= 4 is 11.9 Å². The van der Waals surface area contributed by atoms with Gasteiger partial charge in [-0.2, -0.15) is 0 Å². The molecule has 0 fully saturated rings. The number of amides is 1. The molecule has 25 heavy (non-hydrogen) atoms. The Morgan fingerprint density at radius 2 is 1.36 bits per heavy atom. The van der Waals surface area contributed by atoms with Crippen LogP contribution in [0.25, 0.3) is 0 Å². The summed E-state index contributed by atoms with van der Waals surface area (Å²) in [7, 11) is 0. The van der Waals surface area contributed by atoms with Crippen LogP contribution in [0.15, 0.2) is 60.7 Å². The molecule has 0 atom stereocenters. The molecule has 0 aromatic heterocycles. The molecule has 1 amide bonds. The van der Waals surface area contributed by atoms with E-state index in [0.29, 0.717) is 12.8 Å². The Bertz CT molecular complexity index is 654. The zero-order valence-electron chi connectivity index (χ0n) is 14.7. The van der Waals surface area contributed by atoms with Crippen LogP contribution in [0.5, 0.6) is 0 Å². The number of hydrogen-bond acceptors (Lipinski definition) is 2. The maximum atomic E-state index is 12.7. The van der Waals surface area contributed by atoms with Gasteiger partial charge in [0.1, 0.15) is 0 Å². The highest BCUT2D eigenvalue weighted by Crippen LogP contribution is 2.17. The highest BCUT2D eigenvalue weighted by atomic mass is 16.4. The number of hydrogen-bond donors (Lipinski definition) is 2. The number of nitrogens with one attached hydrogen (secondary N) is 1. The summed E-state index contributed by atoms with van der Waals surface area (Å²) < 4.78 is 0. The second-order valence-corrected chi connectivity index (χ2v) is 6.98. The maximum absolute atomic E-state index is 12.7. The molecule has 0 bridgehead atoms. The van der Waals surface area contributed by atoms with E-state index in [0.717, 1.165) is 11.1 Å². The van der Waals surface area contributed by atoms with Crippen molar-refractivity contribution in [2.24, 2.45) is 11.3 Å². The van der Waals surface area contributed by atoms with Gasteiger partial charge in [0.05, 0.1) is 5.41 Å². The molecule has 0 radical (unpaired) electrons. The molecule has 0 aliphatic carbocycles. The second-order valence-electron chi connectivity index (χ2n) is 6.98. The predicted octanol–water partition coefficient (Wildman–Crippen LogP) is 3.32. The summed E-state index contributed by atoms with van der Waals surface area (Å²) in [6.07, 6.45) is 1.24. The molecular formula is C21H25NO3. The van der Waals surface area contributed by atoms with Gasteiger partial charge in [0, 0.05) is 12.5 Å². The van der Waals surface area contributed by atoms with Crippen LogP contribution in [0.2, 0.25) is 0 Å². The lowest BCUT2D eigenvalue weighted by molar-refractivity contribution is -0.146. The van der Waals surface area contributed by atoms with Crippen LogP contribution in [0.4, 0.5) is 0 Å². The summed E-state index contributed by atoms with van der Waals surface area (Å²) in [6, 6.07) is 19.8. The number of carbonyl (C=O) groups excluding carboxylic acids is 1. The molecule has 0 unspecified atom stereocenters. The van der Waals surface area contributed by atoms with Gasteiger partial charge in [-0.05, 0) is 37.8 Å². The molecule has 0 heterocycles. The topological polar surface area (TPSA) is 66.4 Å². The van der Waals surface area contributed by atoms with Crippen molar-refractivity contribution in [2.45, 2.75) is 26.7 Å². The normalized spacial score (nSPS) is 11.3. The molecule has 2 N–H and O–H groups in total. The Labute approximate surface area is 148 Å². The Balaban J connectivity index is 2.10. The number of carboxylic acid groups (broad SMARTS) is 1. The molecule has 4 nitrogen and oxygen atoms in total. The first-order valence-electron chi connectivity index (χ1n) is 8.47. The highest BCUT2D eigenvalue weighted by Gasteiger charge is 2.29. The fourth-order valence-electron chi connectivity index (χ4n) is 2.58. The third-order valence-electron chi connectivity index (χ3n) is 4.30. The molecule has 2 aromatic rings. The number of benzene rings is 2. The molecular weight excluding hydrogens is 314 g/mol. The lowest BCUT2D eigenvalue weighted by atomic mass is 9.90. The minimum absolute atomic E-state index is 0.109. The fourth-order valence-corrected chi connectivity index (χ4v) is 2.58. The lowest BCUT2D eigenvalue weighted by Crippen LogP contribution is -2.42. The van der Waals surface area contributed by atoms with Crippen molar-refractivity contribution in [3.8, 4) is 0 Å². The van der Waals surface area contributed by atoms with Gasteiger partial charge in [0.25, 0.3) is 0 Å². The van der Waals surface area contributed by atoms with Crippen LogP contribution >= 0.6 is 0 Å². The maximum Gasteiger partial charge on any atom is 0.310 e. The molecule has 0 aliphatic heterocycles. The van der Waals surface area contributed by atoms with Crippen molar-refractivity contribution in [1.82, 2.24) is 5.32 Å². The van der Waals surface area contributed by atoms with Crippen LogP contribution < -0.4 is 5.32 Å². The molecule has 0 aliphatic rings. The van der Waals surface area contributed by atoms with Gasteiger partial charge in [0.2, 0.25) is 5.91 Å². The zero-order valence-corrected chi connectivity index (χ0v) is 14.7. The smallest absolute Gasteiger partial charge is 0.310 e. The third-order valence-corrected chi connectivity index (χ3v) is 4.30. The third kappa shape index (κ3) is 5.75. The monoisotopic (exact) mass is 339 g/mol. The van der Waals surface area contributed by atoms with Gasteiger partial charge >= 0.3 is 5.97 Å². The van der Waals surface area contributed by atoms with E-state index >= 15 is 0 Å². The number of rotatable bonds is 8. The Morgan fingerprint density at radius 1 is 0.920 bits per heavy atom. The second kappa shape index (κ2) is 8.47. The lowest BCUT2D eigenvalue weighted by Gasteiger charge is -2.22. The average molecular weight is 339 g/mol. The van der Waals surface area contributed by atoms with Gasteiger partial charge in [-0.25, -0.2) is 0 Å². The van der Waals surface area contributed by atoms with Crippen molar-refractivity contribution in [3.63, 3.8) is 0 Å². The van der Waals surface area contributed by atoms with Gasteiger partial charge in [0.15, 0.2) is 0 Å². The summed E-state index contributed by atoms with van der Waals surface area (Å²) >= 11 is 0. The quantitative estimate of drug-likeness (QED) is 0.775. The van der Waals surface area contributed by atoms with Gasteiger partial charge in [-0.15, -0.1) is 0 Å². The van der Waals surface area contributed by atoms with Gasteiger partial charge in [-0.1, -0.05) is 60.7 Å². The van der Waals surface area contributed by atoms with E-state index in [1.54, 1.807) is 13.8 Å². The van der Waals surface area contributed by atoms with Crippen molar-refractivity contribution in [2.75, 3.05) is 6.54 Å². The Hall–Kier alpha value is -2.62. The predicted molar refractivity (Wildman–Crippen MR) is 98.2 cm³/mol. The van der Waals surface area contributed by atoms with E-state index in [1.807, 2.05) is 60.7 Å². The summed E-state index contributed by atoms with van der Waals surface area (Å²) in [6.45, 7) is 3.33. The summed E-state index contributed by atoms with van der Waals surface area (Å²) in [4.78, 5) is 24.0. The molecule has 132 valence electrons. The molecule has 2 rings (SSSR count). The van der Waals surface area contributed by atoms with E-state index in [1.165, 1.54) is 0 Å². The molecule has 0 saturated carbocycles.